The summed E-state index contributed by atoms with van der Waals surface area (Å²) in [4.78, 5) is 23.9. The third-order valence-corrected chi connectivity index (χ3v) is 3.80. The van der Waals surface area contributed by atoms with Crippen LogP contribution in [0.15, 0.2) is 17.5 Å². The quantitative estimate of drug-likeness (QED) is 0.764. The molecular weight excluding hydrogens is 331 g/mol. The summed E-state index contributed by atoms with van der Waals surface area (Å²) < 4.78 is 35.9. The number of halogens is 3. The molecule has 0 spiro atoms. The van der Waals surface area contributed by atoms with Gasteiger partial charge in [0.15, 0.2) is 0 Å². The Labute approximate surface area is 136 Å². The zero-order valence-electron chi connectivity index (χ0n) is 13.1. The van der Waals surface area contributed by atoms with Gasteiger partial charge in [-0.05, 0) is 16.9 Å². The lowest BCUT2D eigenvalue weighted by atomic mass is 9.86. The molecule has 1 rings (SSSR count). The second-order valence-electron chi connectivity index (χ2n) is 6.04. The predicted molar refractivity (Wildman–Crippen MR) is 82.1 cm³/mol. The normalized spacial score (nSPS) is 13.5. The van der Waals surface area contributed by atoms with Crippen molar-refractivity contribution >= 4 is 23.3 Å². The number of carbonyl (C=O) groups is 2. The molecule has 1 aromatic heterocycles. The van der Waals surface area contributed by atoms with Crippen LogP contribution >= 0.6 is 11.3 Å². The molecule has 0 aromatic carbocycles. The maximum absolute atomic E-state index is 12.0. The van der Waals surface area contributed by atoms with Crippen molar-refractivity contribution in [3.05, 3.63) is 22.4 Å². The maximum atomic E-state index is 12.0. The van der Waals surface area contributed by atoms with Crippen molar-refractivity contribution in [3.63, 3.8) is 0 Å². The minimum atomic E-state index is -4.52. The second kappa shape index (κ2) is 7.78. The number of nitrogens with one attached hydrogen (secondary N) is 3. The van der Waals surface area contributed by atoms with Gasteiger partial charge in [-0.2, -0.15) is 13.2 Å². The van der Waals surface area contributed by atoms with Crippen molar-refractivity contribution in [2.75, 3.05) is 13.1 Å². The summed E-state index contributed by atoms with van der Waals surface area (Å²) in [5.41, 5.74) is -0.177. The van der Waals surface area contributed by atoms with Crippen LogP contribution in [0, 0.1) is 5.41 Å². The summed E-state index contributed by atoms with van der Waals surface area (Å²) in [5, 5.41) is 8.39. The molecule has 0 aliphatic heterocycles. The Morgan fingerprint density at radius 2 is 1.91 bits per heavy atom. The minimum absolute atomic E-state index is 0.119. The lowest BCUT2D eigenvalue weighted by Gasteiger charge is -2.30. The van der Waals surface area contributed by atoms with E-state index in [1.165, 1.54) is 11.3 Å². The number of alkyl halides is 3. The average Bonchev–Trinajstić information content (AvgIpc) is 2.87. The number of hydrogen-bond donors (Lipinski definition) is 3. The van der Waals surface area contributed by atoms with Gasteiger partial charge in [-0.15, -0.1) is 11.3 Å². The molecule has 0 unspecified atom stereocenters. The number of amides is 3. The first-order chi connectivity index (χ1) is 10.5. The average molecular weight is 351 g/mol. The number of thiophene rings is 1. The molecule has 1 heterocycles. The number of rotatable bonds is 5. The van der Waals surface area contributed by atoms with Gasteiger partial charge in [-0.25, -0.2) is 4.79 Å². The van der Waals surface area contributed by atoms with Gasteiger partial charge in [0.2, 0.25) is 5.91 Å². The van der Waals surface area contributed by atoms with Crippen molar-refractivity contribution in [1.29, 1.82) is 0 Å². The summed E-state index contributed by atoms with van der Waals surface area (Å²) in [6.45, 7) is 4.33. The molecule has 130 valence electrons. The van der Waals surface area contributed by atoms with Crippen LogP contribution in [0.5, 0.6) is 0 Å². The molecule has 0 bridgehead atoms. The van der Waals surface area contributed by atoms with E-state index < -0.39 is 24.7 Å². The van der Waals surface area contributed by atoms with Gasteiger partial charge >= 0.3 is 12.2 Å². The summed E-state index contributed by atoms with van der Waals surface area (Å²) >= 11 is 1.54. The molecule has 0 aliphatic carbocycles. The Morgan fingerprint density at radius 1 is 1.26 bits per heavy atom. The molecule has 0 fully saturated rings. The standard InChI is InChI=1S/C14H20F3N3O2S/c1-13(2,3)11(9-5-4-6-23-9)18-7-10(21)20-12(22)19-8-14(15,16)17/h4-6,11,18H,7-8H2,1-3H3,(H2,19,20,21,22)/t11-/m0/s1. The first-order valence-electron chi connectivity index (χ1n) is 6.90. The van der Waals surface area contributed by atoms with E-state index in [0.29, 0.717) is 0 Å². The molecule has 3 N–H and O–H groups in total. The Balaban J connectivity index is 2.49. The zero-order valence-corrected chi connectivity index (χ0v) is 13.9. The first-order valence-corrected chi connectivity index (χ1v) is 7.78. The fourth-order valence-corrected chi connectivity index (χ4v) is 2.92. The molecular formula is C14H20F3N3O2S. The largest absolute Gasteiger partial charge is 0.405 e. The van der Waals surface area contributed by atoms with E-state index in [2.05, 4.69) is 5.32 Å². The highest BCUT2D eigenvalue weighted by Gasteiger charge is 2.29. The third-order valence-electron chi connectivity index (χ3n) is 2.86. The van der Waals surface area contributed by atoms with Crippen LogP contribution in [-0.2, 0) is 4.79 Å². The molecule has 3 amide bonds. The highest BCUT2D eigenvalue weighted by molar-refractivity contribution is 7.10. The molecule has 23 heavy (non-hydrogen) atoms. The first kappa shape index (κ1) is 19.4. The van der Waals surface area contributed by atoms with E-state index in [1.54, 1.807) is 5.32 Å². The Kier molecular flexibility index (Phi) is 6.57. The monoisotopic (exact) mass is 351 g/mol. The van der Waals surface area contributed by atoms with Crippen LogP contribution in [-0.4, -0.2) is 31.2 Å². The molecule has 1 aromatic rings. The van der Waals surface area contributed by atoms with E-state index in [-0.39, 0.29) is 18.0 Å². The molecule has 0 aliphatic rings. The number of urea groups is 1. The van der Waals surface area contributed by atoms with Crippen LogP contribution < -0.4 is 16.0 Å². The SMILES string of the molecule is CC(C)(C)[C@@H](NCC(=O)NC(=O)NCC(F)(F)F)c1cccs1. The summed E-state index contributed by atoms with van der Waals surface area (Å²) in [7, 11) is 0. The fraction of sp³-hybridized carbons (Fsp3) is 0.571. The zero-order chi connectivity index (χ0) is 17.7. The predicted octanol–water partition coefficient (Wildman–Crippen LogP) is 2.81. The van der Waals surface area contributed by atoms with E-state index in [4.69, 9.17) is 0 Å². The smallest absolute Gasteiger partial charge is 0.329 e. The lowest BCUT2D eigenvalue weighted by Crippen LogP contribution is -2.47. The van der Waals surface area contributed by atoms with Gasteiger partial charge in [0.1, 0.15) is 6.54 Å². The molecule has 9 heteroatoms. The van der Waals surface area contributed by atoms with Crippen LogP contribution in [0.25, 0.3) is 0 Å². The summed E-state index contributed by atoms with van der Waals surface area (Å²) in [6, 6.07) is 2.54. The molecule has 5 nitrogen and oxygen atoms in total. The minimum Gasteiger partial charge on any atom is -0.329 e. The van der Waals surface area contributed by atoms with Gasteiger partial charge in [0.25, 0.3) is 0 Å². The van der Waals surface area contributed by atoms with Gasteiger partial charge in [0.05, 0.1) is 6.54 Å². The van der Waals surface area contributed by atoms with Crippen molar-refractivity contribution in [2.45, 2.75) is 33.0 Å². The summed E-state index contributed by atoms with van der Waals surface area (Å²) in [6.07, 6.45) is -4.52. The van der Waals surface area contributed by atoms with E-state index in [1.807, 2.05) is 43.6 Å². The van der Waals surface area contributed by atoms with Crippen molar-refractivity contribution in [3.8, 4) is 0 Å². The molecule has 0 saturated carbocycles. The van der Waals surface area contributed by atoms with Crippen molar-refractivity contribution < 1.29 is 22.8 Å². The van der Waals surface area contributed by atoms with Gasteiger partial charge in [-0.1, -0.05) is 26.8 Å². The van der Waals surface area contributed by atoms with Gasteiger partial charge in [-0.3, -0.25) is 10.1 Å². The molecule has 0 saturated heterocycles. The number of hydrogen-bond acceptors (Lipinski definition) is 4. The van der Waals surface area contributed by atoms with Gasteiger partial charge in [0, 0.05) is 10.9 Å². The third kappa shape index (κ3) is 7.47. The van der Waals surface area contributed by atoms with Crippen molar-refractivity contribution in [1.82, 2.24) is 16.0 Å². The second-order valence-corrected chi connectivity index (χ2v) is 7.02. The lowest BCUT2D eigenvalue weighted by molar-refractivity contribution is -0.124. The molecule has 0 radical (unpaired) electrons. The summed E-state index contributed by atoms with van der Waals surface area (Å²) in [5.74, 6) is -0.699. The van der Waals surface area contributed by atoms with Crippen LogP contribution in [0.1, 0.15) is 31.7 Å². The van der Waals surface area contributed by atoms with E-state index in [9.17, 15) is 22.8 Å². The van der Waals surface area contributed by atoms with E-state index >= 15 is 0 Å². The van der Waals surface area contributed by atoms with Crippen molar-refractivity contribution in [2.24, 2.45) is 5.41 Å². The highest BCUT2D eigenvalue weighted by Crippen LogP contribution is 2.34. The maximum Gasteiger partial charge on any atom is 0.405 e. The van der Waals surface area contributed by atoms with Gasteiger partial charge < -0.3 is 10.6 Å². The van der Waals surface area contributed by atoms with E-state index in [0.717, 1.165) is 4.88 Å². The number of imide groups is 1. The van der Waals surface area contributed by atoms with Crippen LogP contribution in [0.2, 0.25) is 0 Å². The molecule has 1 atom stereocenters. The Morgan fingerprint density at radius 3 is 2.39 bits per heavy atom. The fourth-order valence-electron chi connectivity index (χ4n) is 1.88. The number of carbonyl (C=O) groups excluding carboxylic acids is 2. The topological polar surface area (TPSA) is 70.2 Å². The highest BCUT2D eigenvalue weighted by atomic mass is 32.1. The Bertz CT molecular complexity index is 524. The Hall–Kier alpha value is -1.61. The van der Waals surface area contributed by atoms with Crippen LogP contribution in [0.3, 0.4) is 0 Å². The van der Waals surface area contributed by atoms with Crippen LogP contribution in [0.4, 0.5) is 18.0 Å².